The van der Waals surface area contributed by atoms with Crippen LogP contribution in [0.15, 0.2) is 23.3 Å². The molecule has 0 aromatic rings. The molecule has 0 radical (unpaired) electrons. The first-order chi connectivity index (χ1) is 8.93. The van der Waals surface area contributed by atoms with Gasteiger partial charge < -0.3 is 9.90 Å². The van der Waals surface area contributed by atoms with Crippen LogP contribution >= 0.6 is 0 Å². The maximum atomic E-state index is 11.2. The number of carbonyl (C=O) groups excluding carboxylic acids is 1. The largest absolute Gasteiger partial charge is 0.388 e. The molecule has 2 heteroatoms. The van der Waals surface area contributed by atoms with Gasteiger partial charge in [-0.2, -0.15) is 0 Å². The van der Waals surface area contributed by atoms with Gasteiger partial charge >= 0.3 is 0 Å². The first-order valence-corrected chi connectivity index (χ1v) is 7.53. The van der Waals surface area contributed by atoms with E-state index < -0.39 is 6.10 Å². The number of aliphatic hydroxyl groups is 1. The number of hydrogen-bond acceptors (Lipinski definition) is 2. The third kappa shape index (κ3) is 4.31. The first kappa shape index (κ1) is 17.2. The number of Topliss-reactive ketones (excluding diaryl/α,β-unsaturated/α-hetero) is 1. The van der Waals surface area contributed by atoms with Crippen LogP contribution in [0.2, 0.25) is 0 Å². The van der Waals surface area contributed by atoms with Crippen LogP contribution < -0.4 is 0 Å². The summed E-state index contributed by atoms with van der Waals surface area (Å²) in [7, 11) is 0. The highest BCUT2D eigenvalue weighted by Gasteiger charge is 2.37. The van der Waals surface area contributed by atoms with Crippen LogP contribution in [0.1, 0.15) is 61.3 Å². The molecule has 0 saturated carbocycles. The van der Waals surface area contributed by atoms with Gasteiger partial charge in [0, 0.05) is 12.3 Å². The zero-order chi connectivity index (χ0) is 15.7. The van der Waals surface area contributed by atoms with E-state index >= 15 is 0 Å². The molecule has 1 N–H and O–H groups in total. The summed E-state index contributed by atoms with van der Waals surface area (Å²) in [6.45, 7) is 14.5. The standard InChI is InChI=1S/C18H30O2/c1-12(19)8-9-13-10-14(17(2,3)4)16(20)15(11-13)18(5,6)7/h10-11,14,16,20H,8-9H2,1-7H3. The molecule has 0 spiro atoms. The predicted octanol–water partition coefficient (Wildman–Crippen LogP) is 4.29. The lowest BCUT2D eigenvalue weighted by Crippen LogP contribution is -2.37. The number of rotatable bonds is 3. The molecule has 0 fully saturated rings. The molecule has 20 heavy (non-hydrogen) atoms. The molecule has 2 nitrogen and oxygen atoms in total. The van der Waals surface area contributed by atoms with Crippen molar-refractivity contribution in [3.8, 4) is 0 Å². The zero-order valence-corrected chi connectivity index (χ0v) is 14.1. The molecule has 1 rings (SSSR count). The third-order valence-corrected chi connectivity index (χ3v) is 4.03. The van der Waals surface area contributed by atoms with Crippen molar-refractivity contribution >= 4 is 5.78 Å². The van der Waals surface area contributed by atoms with Crippen molar-refractivity contribution in [1.82, 2.24) is 0 Å². The summed E-state index contributed by atoms with van der Waals surface area (Å²) in [6.07, 6.45) is 5.19. The Bertz CT molecular complexity index is 427. The van der Waals surface area contributed by atoms with Crippen LogP contribution in [0.25, 0.3) is 0 Å². The van der Waals surface area contributed by atoms with Gasteiger partial charge in [0.05, 0.1) is 6.10 Å². The lowest BCUT2D eigenvalue weighted by molar-refractivity contribution is -0.116. The van der Waals surface area contributed by atoms with Crippen LogP contribution in [-0.4, -0.2) is 17.0 Å². The summed E-state index contributed by atoms with van der Waals surface area (Å²) in [5.74, 6) is 0.318. The van der Waals surface area contributed by atoms with Crippen LogP contribution in [0.4, 0.5) is 0 Å². The summed E-state index contributed by atoms with van der Waals surface area (Å²) < 4.78 is 0. The maximum absolute atomic E-state index is 11.2. The van der Waals surface area contributed by atoms with Crippen molar-refractivity contribution in [1.29, 1.82) is 0 Å². The Morgan fingerprint density at radius 1 is 1.20 bits per heavy atom. The molecular weight excluding hydrogens is 248 g/mol. The smallest absolute Gasteiger partial charge is 0.130 e. The molecule has 1 aliphatic carbocycles. The summed E-state index contributed by atoms with van der Waals surface area (Å²) in [4.78, 5) is 11.2. The quantitative estimate of drug-likeness (QED) is 0.836. The monoisotopic (exact) mass is 278 g/mol. The molecule has 0 heterocycles. The Morgan fingerprint density at radius 3 is 2.15 bits per heavy atom. The maximum Gasteiger partial charge on any atom is 0.130 e. The molecule has 0 aliphatic heterocycles. The molecule has 0 bridgehead atoms. The average molecular weight is 278 g/mol. The first-order valence-electron chi connectivity index (χ1n) is 7.53. The Balaban J connectivity index is 3.13. The summed E-state index contributed by atoms with van der Waals surface area (Å²) >= 11 is 0. The van der Waals surface area contributed by atoms with Gasteiger partial charge in [-0.05, 0) is 29.7 Å². The lowest BCUT2D eigenvalue weighted by Gasteiger charge is -2.40. The fraction of sp³-hybridized carbons (Fsp3) is 0.722. The third-order valence-electron chi connectivity index (χ3n) is 4.03. The molecule has 114 valence electrons. The SMILES string of the molecule is CC(=O)CCC1=CC(C(C)(C)C)C(O)C(C(C)(C)C)=C1. The number of allylic oxidation sites excluding steroid dienone is 2. The predicted molar refractivity (Wildman–Crippen MR) is 84.5 cm³/mol. The van der Waals surface area contributed by atoms with Crippen LogP contribution in [0.5, 0.6) is 0 Å². The zero-order valence-electron chi connectivity index (χ0n) is 14.1. The molecule has 0 amide bonds. The second-order valence-electron chi connectivity index (χ2n) is 8.13. The van der Waals surface area contributed by atoms with Crippen molar-refractivity contribution in [3.63, 3.8) is 0 Å². The molecule has 0 aromatic heterocycles. The van der Waals surface area contributed by atoms with E-state index in [1.165, 1.54) is 5.57 Å². The second-order valence-corrected chi connectivity index (χ2v) is 8.13. The van der Waals surface area contributed by atoms with Gasteiger partial charge in [0.1, 0.15) is 5.78 Å². The molecular formula is C18H30O2. The van der Waals surface area contributed by atoms with Crippen LogP contribution in [0.3, 0.4) is 0 Å². The number of ketones is 1. The summed E-state index contributed by atoms with van der Waals surface area (Å²) in [5, 5.41) is 10.7. The normalized spacial score (nSPS) is 24.2. The van der Waals surface area contributed by atoms with Gasteiger partial charge in [0.15, 0.2) is 0 Å². The number of hydrogen-bond donors (Lipinski definition) is 1. The van der Waals surface area contributed by atoms with Crippen LogP contribution in [0, 0.1) is 16.7 Å². The van der Waals surface area contributed by atoms with E-state index in [1.807, 2.05) is 0 Å². The fourth-order valence-electron chi connectivity index (χ4n) is 2.71. The van der Waals surface area contributed by atoms with E-state index in [-0.39, 0.29) is 22.5 Å². The van der Waals surface area contributed by atoms with Gasteiger partial charge in [-0.25, -0.2) is 0 Å². The second kappa shape index (κ2) is 5.85. The lowest BCUT2D eigenvalue weighted by atomic mass is 9.67. The van der Waals surface area contributed by atoms with E-state index in [2.05, 4.69) is 53.7 Å². The minimum Gasteiger partial charge on any atom is -0.388 e. The van der Waals surface area contributed by atoms with Crippen molar-refractivity contribution < 1.29 is 9.90 Å². The number of carbonyl (C=O) groups is 1. The minimum atomic E-state index is -0.434. The minimum absolute atomic E-state index is 0.00561. The Morgan fingerprint density at radius 2 is 1.75 bits per heavy atom. The van der Waals surface area contributed by atoms with Gasteiger partial charge in [0.2, 0.25) is 0 Å². The van der Waals surface area contributed by atoms with E-state index in [0.717, 1.165) is 12.0 Å². The van der Waals surface area contributed by atoms with Gasteiger partial charge in [-0.1, -0.05) is 59.3 Å². The Kier molecular flexibility index (Phi) is 5.02. The van der Waals surface area contributed by atoms with Gasteiger partial charge in [-0.3, -0.25) is 0 Å². The van der Waals surface area contributed by atoms with E-state index in [1.54, 1.807) is 6.92 Å². The highest BCUT2D eigenvalue weighted by atomic mass is 16.3. The molecule has 0 aromatic carbocycles. The molecule has 1 aliphatic rings. The van der Waals surface area contributed by atoms with Crippen LogP contribution in [-0.2, 0) is 4.79 Å². The average Bonchev–Trinajstić information content (AvgIpc) is 2.24. The van der Waals surface area contributed by atoms with E-state index in [4.69, 9.17) is 0 Å². The van der Waals surface area contributed by atoms with E-state index in [0.29, 0.717) is 6.42 Å². The van der Waals surface area contributed by atoms with Gasteiger partial charge in [0.25, 0.3) is 0 Å². The van der Waals surface area contributed by atoms with Crippen molar-refractivity contribution in [2.45, 2.75) is 67.4 Å². The molecule has 0 saturated heterocycles. The molecule has 2 atom stereocenters. The summed E-state index contributed by atoms with van der Waals surface area (Å²) in [5.41, 5.74) is 2.22. The van der Waals surface area contributed by atoms with Gasteiger partial charge in [-0.15, -0.1) is 0 Å². The van der Waals surface area contributed by atoms with E-state index in [9.17, 15) is 9.90 Å². The van der Waals surface area contributed by atoms with Crippen molar-refractivity contribution in [3.05, 3.63) is 23.3 Å². The number of aliphatic hydroxyl groups excluding tert-OH is 1. The molecule has 2 unspecified atom stereocenters. The fourth-order valence-corrected chi connectivity index (χ4v) is 2.71. The topological polar surface area (TPSA) is 37.3 Å². The Labute approximate surface area is 124 Å². The summed E-state index contributed by atoms with van der Waals surface area (Å²) in [6, 6.07) is 0. The van der Waals surface area contributed by atoms with Crippen molar-refractivity contribution in [2.24, 2.45) is 16.7 Å². The highest BCUT2D eigenvalue weighted by Crippen LogP contribution is 2.42. The highest BCUT2D eigenvalue weighted by molar-refractivity contribution is 5.75. The Hall–Kier alpha value is -0.890. The van der Waals surface area contributed by atoms with Crippen molar-refractivity contribution in [2.75, 3.05) is 0 Å².